The van der Waals surface area contributed by atoms with Gasteiger partial charge in [0.25, 0.3) is 0 Å². The van der Waals surface area contributed by atoms with Crippen LogP contribution in [0.1, 0.15) is 29.5 Å². The molecule has 2 fully saturated rings. The first-order chi connectivity index (χ1) is 13.6. The summed E-state index contributed by atoms with van der Waals surface area (Å²) in [6.07, 6.45) is 0.921. The Morgan fingerprint density at radius 3 is 1.82 bits per heavy atom. The normalized spacial score (nSPS) is 22.7. The van der Waals surface area contributed by atoms with Gasteiger partial charge < -0.3 is 0 Å². The van der Waals surface area contributed by atoms with Crippen molar-refractivity contribution in [3.63, 3.8) is 0 Å². The molecule has 1 heterocycles. The van der Waals surface area contributed by atoms with Gasteiger partial charge in [0.15, 0.2) is 0 Å². The quantitative estimate of drug-likeness (QED) is 0.633. The van der Waals surface area contributed by atoms with Crippen molar-refractivity contribution in [3.8, 4) is 0 Å². The standard InChI is InChI=1S/C25H21NO2/c1-18-12-14-21(15-13-18)26-22(27)16-24(23(26)28)17-25(24,19-8-4-2-5-9-19)20-10-6-3-7-11-20/h2-15H,16-17H2,1H3. The number of amides is 2. The minimum absolute atomic E-state index is 0.0749. The predicted octanol–water partition coefficient (Wildman–Crippen LogP) is 4.63. The molecule has 3 aromatic rings. The van der Waals surface area contributed by atoms with Crippen LogP contribution in [0.5, 0.6) is 0 Å². The van der Waals surface area contributed by atoms with Crippen LogP contribution in [-0.4, -0.2) is 11.8 Å². The molecule has 1 aliphatic heterocycles. The van der Waals surface area contributed by atoms with E-state index in [1.807, 2.05) is 67.6 Å². The molecule has 28 heavy (non-hydrogen) atoms. The largest absolute Gasteiger partial charge is 0.274 e. The van der Waals surface area contributed by atoms with Crippen LogP contribution in [0.3, 0.4) is 0 Å². The van der Waals surface area contributed by atoms with Crippen molar-refractivity contribution < 1.29 is 9.59 Å². The third-order valence-corrected chi connectivity index (χ3v) is 6.40. The first-order valence-corrected chi connectivity index (χ1v) is 9.64. The second-order valence-corrected chi connectivity index (χ2v) is 7.94. The van der Waals surface area contributed by atoms with Gasteiger partial charge in [-0.15, -0.1) is 0 Å². The monoisotopic (exact) mass is 367 g/mol. The highest BCUT2D eigenvalue weighted by Gasteiger charge is 2.77. The van der Waals surface area contributed by atoms with Crippen molar-refractivity contribution in [3.05, 3.63) is 102 Å². The molecule has 1 atom stereocenters. The average Bonchev–Trinajstić information content (AvgIpc) is 3.34. The molecular formula is C25H21NO2. The molecular weight excluding hydrogens is 346 g/mol. The average molecular weight is 367 g/mol. The van der Waals surface area contributed by atoms with Gasteiger partial charge in [0.2, 0.25) is 11.8 Å². The number of aryl methyl sites for hydroxylation is 1. The summed E-state index contributed by atoms with van der Waals surface area (Å²) in [5.74, 6) is -0.184. The zero-order valence-corrected chi connectivity index (χ0v) is 15.8. The van der Waals surface area contributed by atoms with Gasteiger partial charge in [-0.1, -0.05) is 78.4 Å². The van der Waals surface area contributed by atoms with E-state index in [2.05, 4.69) is 24.3 Å². The fourth-order valence-corrected chi connectivity index (χ4v) is 4.94. The molecule has 2 amide bonds. The number of imide groups is 1. The van der Waals surface area contributed by atoms with Crippen molar-refractivity contribution >= 4 is 17.5 Å². The van der Waals surface area contributed by atoms with Gasteiger partial charge in [-0.25, -0.2) is 0 Å². The lowest BCUT2D eigenvalue weighted by atomic mass is 9.79. The summed E-state index contributed by atoms with van der Waals surface area (Å²) in [5, 5.41) is 0. The second kappa shape index (κ2) is 5.90. The number of hydrogen-bond donors (Lipinski definition) is 0. The summed E-state index contributed by atoms with van der Waals surface area (Å²) in [5.41, 5.74) is 2.84. The number of carbonyl (C=O) groups excluding carboxylic acids is 2. The van der Waals surface area contributed by atoms with Gasteiger partial charge in [-0.2, -0.15) is 0 Å². The van der Waals surface area contributed by atoms with Crippen LogP contribution in [-0.2, 0) is 15.0 Å². The summed E-state index contributed by atoms with van der Waals surface area (Å²) >= 11 is 0. The van der Waals surface area contributed by atoms with Crippen LogP contribution >= 0.6 is 0 Å². The van der Waals surface area contributed by atoms with Crippen LogP contribution in [0.25, 0.3) is 0 Å². The van der Waals surface area contributed by atoms with Crippen LogP contribution in [0.2, 0.25) is 0 Å². The summed E-state index contributed by atoms with van der Waals surface area (Å²) in [6, 6.07) is 27.9. The number of rotatable bonds is 3. The Balaban J connectivity index is 1.63. The zero-order valence-electron chi connectivity index (χ0n) is 15.8. The van der Waals surface area contributed by atoms with E-state index in [1.165, 1.54) is 4.90 Å². The number of hydrogen-bond acceptors (Lipinski definition) is 2. The van der Waals surface area contributed by atoms with E-state index < -0.39 is 10.8 Å². The summed E-state index contributed by atoms with van der Waals surface area (Å²) < 4.78 is 0. The minimum Gasteiger partial charge on any atom is -0.274 e. The SMILES string of the molecule is Cc1ccc(N2C(=O)CC3(CC3(c3ccccc3)c3ccccc3)C2=O)cc1. The molecule has 5 rings (SSSR count). The number of nitrogens with zero attached hydrogens (tertiary/aromatic N) is 1. The highest BCUT2D eigenvalue weighted by molar-refractivity contribution is 6.25. The fourth-order valence-electron chi connectivity index (χ4n) is 4.94. The molecule has 1 aliphatic carbocycles. The van der Waals surface area contributed by atoms with E-state index in [0.29, 0.717) is 12.1 Å². The highest BCUT2D eigenvalue weighted by atomic mass is 16.2. The Morgan fingerprint density at radius 2 is 1.29 bits per heavy atom. The van der Waals surface area contributed by atoms with Crippen molar-refractivity contribution in [2.24, 2.45) is 5.41 Å². The Labute approximate surface area is 164 Å². The van der Waals surface area contributed by atoms with E-state index in [9.17, 15) is 9.59 Å². The van der Waals surface area contributed by atoms with E-state index in [1.54, 1.807) is 0 Å². The number of carbonyl (C=O) groups is 2. The molecule has 1 saturated carbocycles. The maximum absolute atomic E-state index is 13.7. The van der Waals surface area contributed by atoms with Crippen LogP contribution in [0, 0.1) is 12.3 Å². The lowest BCUT2D eigenvalue weighted by Crippen LogP contribution is -2.33. The maximum atomic E-state index is 13.7. The lowest BCUT2D eigenvalue weighted by Gasteiger charge is -2.23. The van der Waals surface area contributed by atoms with E-state index in [0.717, 1.165) is 16.7 Å². The summed E-state index contributed by atoms with van der Waals surface area (Å²) in [4.78, 5) is 28.0. The fraction of sp³-hybridized carbons (Fsp3) is 0.200. The van der Waals surface area contributed by atoms with Crippen LogP contribution in [0.4, 0.5) is 5.69 Å². The molecule has 138 valence electrons. The lowest BCUT2D eigenvalue weighted by molar-refractivity contribution is -0.123. The molecule has 1 spiro atoms. The molecule has 1 unspecified atom stereocenters. The topological polar surface area (TPSA) is 37.4 Å². The first kappa shape index (κ1) is 16.9. The molecule has 1 saturated heterocycles. The minimum atomic E-state index is -0.697. The van der Waals surface area contributed by atoms with Gasteiger partial charge in [0.1, 0.15) is 0 Å². The Kier molecular flexibility index (Phi) is 3.57. The smallest absolute Gasteiger partial charge is 0.241 e. The first-order valence-electron chi connectivity index (χ1n) is 9.64. The predicted molar refractivity (Wildman–Crippen MR) is 109 cm³/mol. The van der Waals surface area contributed by atoms with Gasteiger partial charge in [-0.3, -0.25) is 14.5 Å². The van der Waals surface area contributed by atoms with Gasteiger partial charge in [0, 0.05) is 11.8 Å². The summed E-state index contributed by atoms with van der Waals surface area (Å²) in [6.45, 7) is 2.00. The van der Waals surface area contributed by atoms with Crippen molar-refractivity contribution in [2.45, 2.75) is 25.2 Å². The zero-order chi connectivity index (χ0) is 19.4. The van der Waals surface area contributed by atoms with Gasteiger partial charge in [-0.05, 0) is 36.6 Å². The molecule has 0 aromatic heterocycles. The molecule has 3 nitrogen and oxygen atoms in total. The molecule has 0 N–H and O–H groups in total. The van der Waals surface area contributed by atoms with E-state index in [4.69, 9.17) is 0 Å². The van der Waals surface area contributed by atoms with Crippen LogP contribution in [0.15, 0.2) is 84.9 Å². The molecule has 2 aliphatic rings. The molecule has 0 bridgehead atoms. The summed E-state index contributed by atoms with van der Waals surface area (Å²) in [7, 11) is 0. The molecule has 3 aromatic carbocycles. The third kappa shape index (κ3) is 2.16. The molecule has 3 heteroatoms. The van der Waals surface area contributed by atoms with E-state index in [-0.39, 0.29) is 18.2 Å². The van der Waals surface area contributed by atoms with Crippen molar-refractivity contribution in [1.82, 2.24) is 0 Å². The second-order valence-electron chi connectivity index (χ2n) is 7.94. The van der Waals surface area contributed by atoms with Crippen LogP contribution < -0.4 is 4.90 Å². The van der Waals surface area contributed by atoms with Gasteiger partial charge >= 0.3 is 0 Å². The van der Waals surface area contributed by atoms with Gasteiger partial charge in [0.05, 0.1) is 11.1 Å². The number of benzene rings is 3. The maximum Gasteiger partial charge on any atom is 0.241 e. The Morgan fingerprint density at radius 1 is 0.750 bits per heavy atom. The Bertz CT molecular complexity index is 1020. The van der Waals surface area contributed by atoms with Crippen molar-refractivity contribution in [1.29, 1.82) is 0 Å². The third-order valence-electron chi connectivity index (χ3n) is 6.40. The number of anilines is 1. The highest BCUT2D eigenvalue weighted by Crippen LogP contribution is 2.72. The Hall–Kier alpha value is -3.20. The van der Waals surface area contributed by atoms with E-state index >= 15 is 0 Å². The van der Waals surface area contributed by atoms with Crippen molar-refractivity contribution in [2.75, 3.05) is 4.90 Å². The molecule has 0 radical (unpaired) electrons.